The summed E-state index contributed by atoms with van der Waals surface area (Å²) in [5.74, 6) is -2.79. The van der Waals surface area contributed by atoms with E-state index in [0.717, 1.165) is 40.2 Å². The predicted octanol–water partition coefficient (Wildman–Crippen LogP) is 4.84. The van der Waals surface area contributed by atoms with E-state index in [2.05, 4.69) is 24.9 Å². The number of methoxy groups -OCH3 is 1. The lowest BCUT2D eigenvalue weighted by Crippen LogP contribution is -2.16. The molecule has 0 atom stereocenters. The van der Waals surface area contributed by atoms with Crippen LogP contribution in [0.5, 0.6) is 5.88 Å². The Morgan fingerprint density at radius 1 is 0.861 bits per heavy atom. The van der Waals surface area contributed by atoms with Crippen molar-refractivity contribution in [2.75, 3.05) is 11.8 Å². The molecule has 5 rings (SSSR count). The zero-order chi connectivity index (χ0) is 25.3. The molecule has 3 heterocycles. The molecule has 36 heavy (non-hydrogen) atoms. The minimum atomic E-state index is -4.48. The van der Waals surface area contributed by atoms with E-state index in [-0.39, 0.29) is 11.6 Å². The SMILES string of the molecule is COc1ncc(-c2ccc3nccc(-c4ccnnc4)c3c2)cc1NS(=O)(=O)c1cccc(F)c1F. The third-order valence-corrected chi connectivity index (χ3v) is 6.85. The van der Waals surface area contributed by atoms with Crippen LogP contribution in [0.4, 0.5) is 14.5 Å². The largest absolute Gasteiger partial charge is 0.480 e. The topological polar surface area (TPSA) is 107 Å². The van der Waals surface area contributed by atoms with Gasteiger partial charge >= 0.3 is 0 Å². The molecule has 0 aliphatic heterocycles. The van der Waals surface area contributed by atoms with Crippen molar-refractivity contribution >= 4 is 26.6 Å². The minimum Gasteiger partial charge on any atom is -0.480 e. The Hall–Kier alpha value is -4.51. The number of aromatic nitrogens is 4. The van der Waals surface area contributed by atoms with Crippen LogP contribution in [-0.4, -0.2) is 35.7 Å². The number of nitrogens with one attached hydrogen (secondary N) is 1. The number of sulfonamides is 1. The first-order valence-electron chi connectivity index (χ1n) is 10.5. The number of halogens is 2. The Morgan fingerprint density at radius 3 is 2.50 bits per heavy atom. The van der Waals surface area contributed by atoms with Gasteiger partial charge in [-0.05, 0) is 53.6 Å². The summed E-state index contributed by atoms with van der Waals surface area (Å²) in [6.45, 7) is 0. The number of anilines is 1. The van der Waals surface area contributed by atoms with Gasteiger partial charge in [0, 0.05) is 28.9 Å². The number of rotatable bonds is 6. The molecule has 0 aliphatic carbocycles. The van der Waals surface area contributed by atoms with Crippen molar-refractivity contribution in [3.63, 3.8) is 0 Å². The zero-order valence-corrected chi connectivity index (χ0v) is 19.5. The monoisotopic (exact) mass is 505 g/mol. The van der Waals surface area contributed by atoms with Crippen molar-refractivity contribution in [2.24, 2.45) is 0 Å². The molecule has 0 fully saturated rings. The molecule has 0 aliphatic rings. The molecule has 0 radical (unpaired) electrons. The molecule has 0 spiro atoms. The van der Waals surface area contributed by atoms with Crippen LogP contribution in [-0.2, 0) is 10.0 Å². The number of hydrogen-bond donors (Lipinski definition) is 1. The summed E-state index contributed by atoms with van der Waals surface area (Å²) in [7, 11) is -3.16. The van der Waals surface area contributed by atoms with Crippen LogP contribution in [0.2, 0.25) is 0 Å². The van der Waals surface area contributed by atoms with Crippen LogP contribution < -0.4 is 9.46 Å². The summed E-state index contributed by atoms with van der Waals surface area (Å²) in [5.41, 5.74) is 3.72. The molecule has 3 aromatic heterocycles. The molecule has 1 N–H and O–H groups in total. The quantitative estimate of drug-likeness (QED) is 0.352. The highest BCUT2D eigenvalue weighted by atomic mass is 32.2. The minimum absolute atomic E-state index is 0.0369. The fourth-order valence-corrected chi connectivity index (χ4v) is 4.90. The van der Waals surface area contributed by atoms with Gasteiger partial charge in [0.1, 0.15) is 10.6 Å². The fourth-order valence-electron chi connectivity index (χ4n) is 3.76. The van der Waals surface area contributed by atoms with E-state index in [1.165, 1.54) is 19.4 Å². The van der Waals surface area contributed by atoms with Gasteiger partial charge in [-0.3, -0.25) is 9.71 Å². The number of ether oxygens (including phenoxy) is 1. The van der Waals surface area contributed by atoms with Crippen LogP contribution >= 0.6 is 0 Å². The Kier molecular flexibility index (Phi) is 5.98. The average molecular weight is 506 g/mol. The smallest absolute Gasteiger partial charge is 0.265 e. The van der Waals surface area contributed by atoms with Crippen LogP contribution in [0.3, 0.4) is 0 Å². The van der Waals surface area contributed by atoms with E-state index >= 15 is 0 Å². The highest BCUT2D eigenvalue weighted by Crippen LogP contribution is 2.34. The van der Waals surface area contributed by atoms with Gasteiger partial charge in [-0.1, -0.05) is 12.1 Å². The van der Waals surface area contributed by atoms with Gasteiger partial charge in [0.05, 0.1) is 25.0 Å². The van der Waals surface area contributed by atoms with Gasteiger partial charge in [0.2, 0.25) is 5.88 Å². The molecule has 0 amide bonds. The molecule has 0 saturated carbocycles. The molecular formula is C25H17F2N5O3S. The van der Waals surface area contributed by atoms with Crippen LogP contribution in [0.1, 0.15) is 0 Å². The van der Waals surface area contributed by atoms with Crippen molar-refractivity contribution < 1.29 is 21.9 Å². The van der Waals surface area contributed by atoms with Gasteiger partial charge in [-0.25, -0.2) is 22.2 Å². The number of nitrogens with zero attached hydrogens (tertiary/aromatic N) is 4. The van der Waals surface area contributed by atoms with E-state index < -0.39 is 26.6 Å². The van der Waals surface area contributed by atoms with Crippen molar-refractivity contribution in [1.29, 1.82) is 0 Å². The maximum Gasteiger partial charge on any atom is 0.265 e. The second-order valence-electron chi connectivity index (χ2n) is 7.66. The van der Waals surface area contributed by atoms with Crippen LogP contribution in [0.15, 0.2) is 84.3 Å². The average Bonchev–Trinajstić information content (AvgIpc) is 2.89. The Labute approximate surface area is 204 Å². The molecule has 0 unspecified atom stereocenters. The van der Waals surface area contributed by atoms with E-state index in [1.54, 1.807) is 18.6 Å². The third kappa shape index (κ3) is 4.31. The van der Waals surface area contributed by atoms with E-state index in [1.807, 2.05) is 30.3 Å². The lowest BCUT2D eigenvalue weighted by molar-refractivity contribution is 0.400. The summed E-state index contributed by atoms with van der Waals surface area (Å²) >= 11 is 0. The molecular weight excluding hydrogens is 488 g/mol. The van der Waals surface area contributed by atoms with Crippen molar-refractivity contribution in [2.45, 2.75) is 4.90 Å². The third-order valence-electron chi connectivity index (χ3n) is 5.46. The number of hydrogen-bond acceptors (Lipinski definition) is 7. The fraction of sp³-hybridized carbons (Fsp3) is 0.0400. The van der Waals surface area contributed by atoms with Crippen LogP contribution in [0.25, 0.3) is 33.2 Å². The molecule has 180 valence electrons. The number of pyridine rings is 2. The normalized spacial score (nSPS) is 11.4. The van der Waals surface area contributed by atoms with Crippen molar-refractivity contribution in [1.82, 2.24) is 20.2 Å². The lowest BCUT2D eigenvalue weighted by atomic mass is 9.99. The maximum absolute atomic E-state index is 14.2. The molecule has 2 aromatic carbocycles. The van der Waals surface area contributed by atoms with Gasteiger partial charge in [-0.15, -0.1) is 0 Å². The lowest BCUT2D eigenvalue weighted by Gasteiger charge is -2.14. The highest BCUT2D eigenvalue weighted by molar-refractivity contribution is 7.92. The van der Waals surface area contributed by atoms with Crippen LogP contribution in [0, 0.1) is 11.6 Å². The van der Waals surface area contributed by atoms with Gasteiger partial charge in [0.25, 0.3) is 10.0 Å². The summed E-state index contributed by atoms with van der Waals surface area (Å²) in [6, 6.07) is 13.7. The molecule has 0 saturated heterocycles. The predicted molar refractivity (Wildman–Crippen MR) is 130 cm³/mol. The van der Waals surface area contributed by atoms with Crippen molar-refractivity contribution in [3.8, 4) is 28.1 Å². The second-order valence-corrected chi connectivity index (χ2v) is 9.31. The maximum atomic E-state index is 14.2. The Morgan fingerprint density at radius 2 is 1.72 bits per heavy atom. The van der Waals surface area contributed by atoms with Crippen molar-refractivity contribution in [3.05, 3.63) is 91.0 Å². The molecule has 0 bridgehead atoms. The first-order chi connectivity index (χ1) is 17.4. The second kappa shape index (κ2) is 9.27. The number of fused-ring (bicyclic) bond motifs is 1. The van der Waals surface area contributed by atoms with E-state index in [4.69, 9.17) is 4.74 Å². The first kappa shape index (κ1) is 23.2. The summed E-state index contributed by atoms with van der Waals surface area (Å²) in [4.78, 5) is 7.78. The summed E-state index contributed by atoms with van der Waals surface area (Å²) in [6.07, 6.45) is 6.46. The molecule has 5 aromatic rings. The highest BCUT2D eigenvalue weighted by Gasteiger charge is 2.23. The Balaban J connectivity index is 1.59. The van der Waals surface area contributed by atoms with Gasteiger partial charge < -0.3 is 4.74 Å². The standard InChI is InChI=1S/C25H17F2N5O3S/c1-35-25-22(32-36(33,34)23-4-2-3-20(26)24(23)27)12-17(13-29-25)15-5-6-21-19(11-15)18(8-9-28-21)16-7-10-30-31-14-16/h2-14,32H,1H3. The van der Waals surface area contributed by atoms with Gasteiger partial charge in [0.15, 0.2) is 11.6 Å². The first-order valence-corrected chi connectivity index (χ1v) is 12.0. The molecule has 8 nitrogen and oxygen atoms in total. The molecule has 11 heteroatoms. The summed E-state index contributed by atoms with van der Waals surface area (Å²) in [5, 5.41) is 8.59. The van der Waals surface area contributed by atoms with E-state index in [0.29, 0.717) is 11.1 Å². The summed E-state index contributed by atoms with van der Waals surface area (Å²) < 4.78 is 61.0. The van der Waals surface area contributed by atoms with E-state index in [9.17, 15) is 17.2 Å². The Bertz CT molecular complexity index is 1700. The number of benzene rings is 2. The van der Waals surface area contributed by atoms with Gasteiger partial charge in [-0.2, -0.15) is 10.2 Å². The zero-order valence-electron chi connectivity index (χ0n) is 18.7.